The number of aromatic nitrogens is 1. The van der Waals surface area contributed by atoms with Crippen molar-refractivity contribution in [1.29, 1.82) is 0 Å². The van der Waals surface area contributed by atoms with E-state index in [1.54, 1.807) is 13.0 Å². The van der Waals surface area contributed by atoms with Gasteiger partial charge in [0.05, 0.1) is 16.8 Å². The van der Waals surface area contributed by atoms with E-state index in [0.717, 1.165) is 0 Å². The van der Waals surface area contributed by atoms with Gasteiger partial charge in [-0.3, -0.25) is 4.98 Å². The highest BCUT2D eigenvalue weighted by molar-refractivity contribution is 5.94. The van der Waals surface area contributed by atoms with E-state index in [9.17, 15) is 9.90 Å². The normalized spacial score (nSPS) is 9.81. The Hall–Kier alpha value is -1.81. The summed E-state index contributed by atoms with van der Waals surface area (Å²) in [5, 5.41) is 18.8. The van der Waals surface area contributed by atoms with Crippen LogP contribution >= 0.6 is 12.4 Å². The number of aromatic hydroxyl groups is 1. The van der Waals surface area contributed by atoms with Crippen molar-refractivity contribution >= 4 is 29.3 Å². The minimum Gasteiger partial charge on any atom is -0.508 e. The fourth-order valence-electron chi connectivity index (χ4n) is 1.48. The van der Waals surface area contributed by atoms with Crippen LogP contribution in [0, 0.1) is 6.92 Å². The van der Waals surface area contributed by atoms with Crippen molar-refractivity contribution in [2.75, 3.05) is 0 Å². The minimum atomic E-state index is -1.01. The third-order valence-electron chi connectivity index (χ3n) is 2.22. The van der Waals surface area contributed by atoms with Crippen molar-refractivity contribution < 1.29 is 15.0 Å². The molecule has 0 saturated carbocycles. The smallest absolute Gasteiger partial charge is 0.337 e. The van der Waals surface area contributed by atoms with Gasteiger partial charge in [0, 0.05) is 5.39 Å². The highest BCUT2D eigenvalue weighted by atomic mass is 35.5. The summed E-state index contributed by atoms with van der Waals surface area (Å²) in [7, 11) is 0. The van der Waals surface area contributed by atoms with Crippen molar-refractivity contribution in [3.8, 4) is 5.75 Å². The van der Waals surface area contributed by atoms with E-state index in [1.807, 2.05) is 0 Å². The standard InChI is InChI=1S/C11H9NO3.ClH/c1-6-9(11(14)15)5-7-4-8(13)2-3-10(7)12-6;/h2-5,13H,1H3,(H,14,15);1H. The molecule has 0 unspecified atom stereocenters. The summed E-state index contributed by atoms with van der Waals surface area (Å²) < 4.78 is 0. The van der Waals surface area contributed by atoms with Crippen LogP contribution < -0.4 is 0 Å². The second-order valence-corrected chi connectivity index (χ2v) is 3.30. The Morgan fingerprint density at radius 2 is 2.00 bits per heavy atom. The lowest BCUT2D eigenvalue weighted by Gasteiger charge is -2.03. The number of carboxylic acid groups (broad SMARTS) is 1. The van der Waals surface area contributed by atoms with E-state index in [-0.39, 0.29) is 23.7 Å². The third kappa shape index (κ3) is 2.06. The van der Waals surface area contributed by atoms with Crippen molar-refractivity contribution in [3.63, 3.8) is 0 Å². The first-order valence-corrected chi connectivity index (χ1v) is 4.41. The predicted molar refractivity (Wildman–Crippen MR) is 62.4 cm³/mol. The molecule has 0 radical (unpaired) electrons. The molecule has 0 aliphatic heterocycles. The van der Waals surface area contributed by atoms with Gasteiger partial charge in [0.1, 0.15) is 5.75 Å². The monoisotopic (exact) mass is 239 g/mol. The Morgan fingerprint density at radius 1 is 1.31 bits per heavy atom. The van der Waals surface area contributed by atoms with E-state index in [4.69, 9.17) is 5.11 Å². The zero-order chi connectivity index (χ0) is 11.0. The highest BCUT2D eigenvalue weighted by Gasteiger charge is 2.09. The van der Waals surface area contributed by atoms with E-state index >= 15 is 0 Å². The Bertz CT molecular complexity index is 554. The summed E-state index contributed by atoms with van der Waals surface area (Å²) in [6, 6.07) is 6.19. The lowest BCUT2D eigenvalue weighted by Crippen LogP contribution is -2.01. The first-order chi connectivity index (χ1) is 7.08. The van der Waals surface area contributed by atoms with E-state index in [1.165, 1.54) is 18.2 Å². The van der Waals surface area contributed by atoms with Crippen molar-refractivity contribution in [2.45, 2.75) is 6.92 Å². The number of pyridine rings is 1. The number of halogens is 1. The van der Waals surface area contributed by atoms with Crippen LogP contribution in [0.25, 0.3) is 10.9 Å². The molecule has 0 bridgehead atoms. The number of phenols is 1. The largest absolute Gasteiger partial charge is 0.508 e. The molecule has 1 aromatic heterocycles. The zero-order valence-electron chi connectivity index (χ0n) is 8.47. The molecule has 16 heavy (non-hydrogen) atoms. The van der Waals surface area contributed by atoms with Gasteiger partial charge in [-0.25, -0.2) is 4.79 Å². The molecule has 1 aromatic carbocycles. The maximum Gasteiger partial charge on any atom is 0.337 e. The number of fused-ring (bicyclic) bond motifs is 1. The average Bonchev–Trinajstić information content (AvgIpc) is 2.17. The summed E-state index contributed by atoms with van der Waals surface area (Å²) >= 11 is 0. The van der Waals surface area contributed by atoms with Gasteiger partial charge in [-0.2, -0.15) is 0 Å². The Balaban J connectivity index is 0.00000128. The van der Waals surface area contributed by atoms with Crippen LogP contribution in [-0.2, 0) is 0 Å². The number of phenolic OH excluding ortho intramolecular Hbond substituents is 1. The molecule has 1 heterocycles. The van der Waals surface area contributed by atoms with Crippen LogP contribution in [0.5, 0.6) is 5.75 Å². The average molecular weight is 240 g/mol. The fraction of sp³-hybridized carbons (Fsp3) is 0.0909. The Labute approximate surface area is 98.0 Å². The van der Waals surface area contributed by atoms with E-state index in [2.05, 4.69) is 4.98 Å². The maximum atomic E-state index is 10.8. The molecule has 0 amide bonds. The molecular formula is C11H10ClNO3. The van der Waals surface area contributed by atoms with Crippen molar-refractivity contribution in [2.24, 2.45) is 0 Å². The Morgan fingerprint density at radius 3 is 2.62 bits per heavy atom. The van der Waals surface area contributed by atoms with Gasteiger partial charge >= 0.3 is 5.97 Å². The molecule has 2 rings (SSSR count). The van der Waals surface area contributed by atoms with Gasteiger partial charge in [-0.1, -0.05) is 0 Å². The zero-order valence-corrected chi connectivity index (χ0v) is 9.28. The molecule has 0 fully saturated rings. The number of aromatic carboxylic acids is 1. The summed E-state index contributed by atoms with van der Waals surface area (Å²) in [6.45, 7) is 1.65. The first kappa shape index (κ1) is 12.3. The van der Waals surface area contributed by atoms with Gasteiger partial charge in [0.2, 0.25) is 0 Å². The lowest BCUT2D eigenvalue weighted by molar-refractivity contribution is 0.0696. The topological polar surface area (TPSA) is 70.4 Å². The minimum absolute atomic E-state index is 0. The number of nitrogens with zero attached hydrogens (tertiary/aromatic N) is 1. The third-order valence-corrected chi connectivity index (χ3v) is 2.22. The second-order valence-electron chi connectivity index (χ2n) is 3.30. The number of benzene rings is 1. The second kappa shape index (κ2) is 4.37. The van der Waals surface area contributed by atoms with Gasteiger partial charge in [-0.15, -0.1) is 12.4 Å². The SMILES string of the molecule is Cc1nc2ccc(O)cc2cc1C(=O)O.Cl. The van der Waals surface area contributed by atoms with Gasteiger partial charge in [0.15, 0.2) is 0 Å². The van der Waals surface area contributed by atoms with Crippen molar-refractivity contribution in [1.82, 2.24) is 4.98 Å². The van der Waals surface area contributed by atoms with E-state index in [0.29, 0.717) is 16.6 Å². The first-order valence-electron chi connectivity index (χ1n) is 4.41. The summed E-state index contributed by atoms with van der Waals surface area (Å²) in [5.74, 6) is -0.908. The molecule has 0 atom stereocenters. The van der Waals surface area contributed by atoms with Crippen LogP contribution in [0.1, 0.15) is 16.1 Å². The van der Waals surface area contributed by atoms with Crippen LogP contribution in [0.15, 0.2) is 24.3 Å². The number of carboxylic acids is 1. The molecule has 5 heteroatoms. The van der Waals surface area contributed by atoms with Gasteiger partial charge in [-0.05, 0) is 31.2 Å². The number of hydrogen-bond donors (Lipinski definition) is 2. The molecule has 0 saturated heterocycles. The molecule has 2 aromatic rings. The van der Waals surface area contributed by atoms with E-state index < -0.39 is 5.97 Å². The summed E-state index contributed by atoms with van der Waals surface area (Å²) in [5.41, 5.74) is 1.31. The number of rotatable bonds is 1. The summed E-state index contributed by atoms with van der Waals surface area (Å²) in [4.78, 5) is 15.0. The quantitative estimate of drug-likeness (QED) is 0.802. The molecule has 4 nitrogen and oxygen atoms in total. The summed E-state index contributed by atoms with van der Waals surface area (Å²) in [6.07, 6.45) is 0. The van der Waals surface area contributed by atoms with Crippen molar-refractivity contribution in [3.05, 3.63) is 35.5 Å². The van der Waals surface area contributed by atoms with Crippen LogP contribution in [0.4, 0.5) is 0 Å². The Kier molecular flexibility index (Phi) is 3.34. The molecule has 0 aliphatic rings. The maximum absolute atomic E-state index is 10.8. The number of hydrogen-bond acceptors (Lipinski definition) is 3. The fourth-order valence-corrected chi connectivity index (χ4v) is 1.48. The lowest BCUT2D eigenvalue weighted by atomic mass is 10.1. The highest BCUT2D eigenvalue weighted by Crippen LogP contribution is 2.20. The van der Waals surface area contributed by atoms with Crippen LogP contribution in [0.2, 0.25) is 0 Å². The molecule has 84 valence electrons. The molecular weight excluding hydrogens is 230 g/mol. The van der Waals surface area contributed by atoms with Gasteiger partial charge in [0.25, 0.3) is 0 Å². The molecule has 0 spiro atoms. The van der Waals surface area contributed by atoms with Crippen LogP contribution in [-0.4, -0.2) is 21.2 Å². The molecule has 0 aliphatic carbocycles. The van der Waals surface area contributed by atoms with Gasteiger partial charge < -0.3 is 10.2 Å². The number of aryl methyl sites for hydroxylation is 1. The predicted octanol–water partition coefficient (Wildman–Crippen LogP) is 2.37. The molecule has 2 N–H and O–H groups in total. The number of carbonyl (C=O) groups is 1. The van der Waals surface area contributed by atoms with Crippen LogP contribution in [0.3, 0.4) is 0 Å².